The summed E-state index contributed by atoms with van der Waals surface area (Å²) in [5, 5.41) is 0. The molecule has 0 radical (unpaired) electrons. The molecule has 7 heteroatoms. The molecule has 1 saturated heterocycles. The van der Waals surface area contributed by atoms with Crippen LogP contribution >= 0.6 is 11.8 Å². The quantitative estimate of drug-likeness (QED) is 0.521. The van der Waals surface area contributed by atoms with Crippen molar-refractivity contribution in [2.75, 3.05) is 12.4 Å². The van der Waals surface area contributed by atoms with Gasteiger partial charge in [-0.15, -0.1) is 18.3 Å². The highest BCUT2D eigenvalue weighted by atomic mass is 32.2. The first-order valence-corrected chi connectivity index (χ1v) is 8.29. The molecule has 0 bridgehead atoms. The van der Waals surface area contributed by atoms with Crippen LogP contribution in [0, 0.1) is 0 Å². The molecule has 0 saturated carbocycles. The van der Waals surface area contributed by atoms with Gasteiger partial charge in [-0.25, -0.2) is 0 Å². The first-order valence-electron chi connectivity index (χ1n) is 7.24. The molecule has 0 aromatic heterocycles. The van der Waals surface area contributed by atoms with Crippen LogP contribution < -0.4 is 0 Å². The van der Waals surface area contributed by atoms with Crippen molar-refractivity contribution in [3.63, 3.8) is 0 Å². The van der Waals surface area contributed by atoms with E-state index < -0.39 is 35.7 Å². The number of thioether (sulfide) groups is 1. The van der Waals surface area contributed by atoms with Gasteiger partial charge >= 0.3 is 11.9 Å². The fraction of sp³-hybridized carbons (Fsp3) is 0.733. The van der Waals surface area contributed by atoms with E-state index in [1.807, 2.05) is 13.8 Å². The zero-order valence-corrected chi connectivity index (χ0v) is 14.3. The SMILES string of the molecule is C=CCO[C@H]1[C@H](OC(C)=O)[C@H](OC(C)=O)[C@H](SCC)O[C@@H]1C. The topological polar surface area (TPSA) is 71.1 Å². The molecule has 6 nitrogen and oxygen atoms in total. The van der Waals surface area contributed by atoms with Gasteiger partial charge < -0.3 is 18.9 Å². The van der Waals surface area contributed by atoms with E-state index in [9.17, 15) is 9.59 Å². The van der Waals surface area contributed by atoms with Gasteiger partial charge in [0.15, 0.2) is 12.2 Å². The lowest BCUT2D eigenvalue weighted by atomic mass is 10.00. The Hall–Kier alpha value is -1.05. The van der Waals surface area contributed by atoms with Crippen molar-refractivity contribution in [2.24, 2.45) is 0 Å². The first kappa shape index (κ1) is 19.0. The van der Waals surface area contributed by atoms with Gasteiger partial charge in [-0.05, 0) is 12.7 Å². The predicted molar refractivity (Wildman–Crippen MR) is 83.5 cm³/mol. The van der Waals surface area contributed by atoms with Crippen LogP contribution in [-0.4, -0.2) is 54.2 Å². The third-order valence-corrected chi connectivity index (χ3v) is 4.11. The maximum Gasteiger partial charge on any atom is 0.303 e. The molecule has 0 amide bonds. The maximum absolute atomic E-state index is 11.4. The second-order valence-corrected chi connectivity index (χ2v) is 6.27. The van der Waals surface area contributed by atoms with Gasteiger partial charge in [0, 0.05) is 13.8 Å². The Labute approximate surface area is 135 Å². The summed E-state index contributed by atoms with van der Waals surface area (Å²) in [5.74, 6) is -0.131. The molecular formula is C15H24O6S. The van der Waals surface area contributed by atoms with Crippen LogP contribution in [0.5, 0.6) is 0 Å². The number of carbonyl (C=O) groups excluding carboxylic acids is 2. The Morgan fingerprint density at radius 3 is 2.27 bits per heavy atom. The van der Waals surface area contributed by atoms with Crippen molar-refractivity contribution in [3.05, 3.63) is 12.7 Å². The van der Waals surface area contributed by atoms with Crippen LogP contribution in [0.1, 0.15) is 27.7 Å². The summed E-state index contributed by atoms with van der Waals surface area (Å²) >= 11 is 1.50. The summed E-state index contributed by atoms with van der Waals surface area (Å²) in [7, 11) is 0. The number of hydrogen-bond acceptors (Lipinski definition) is 7. The van der Waals surface area contributed by atoms with Gasteiger partial charge in [0.2, 0.25) is 0 Å². The van der Waals surface area contributed by atoms with Crippen molar-refractivity contribution < 1.29 is 28.5 Å². The molecule has 1 rings (SSSR count). The van der Waals surface area contributed by atoms with E-state index >= 15 is 0 Å². The molecule has 5 atom stereocenters. The highest BCUT2D eigenvalue weighted by molar-refractivity contribution is 7.99. The fourth-order valence-electron chi connectivity index (χ4n) is 2.32. The average Bonchev–Trinajstić information content (AvgIpc) is 2.41. The van der Waals surface area contributed by atoms with Crippen LogP contribution in [0.4, 0.5) is 0 Å². The number of ether oxygens (including phenoxy) is 4. The Balaban J connectivity index is 3.04. The van der Waals surface area contributed by atoms with Crippen molar-refractivity contribution in [3.8, 4) is 0 Å². The second-order valence-electron chi connectivity index (χ2n) is 4.90. The molecule has 0 unspecified atom stereocenters. The van der Waals surface area contributed by atoms with E-state index in [1.165, 1.54) is 25.6 Å². The number of carbonyl (C=O) groups is 2. The van der Waals surface area contributed by atoms with Gasteiger partial charge in [0.05, 0.1) is 12.7 Å². The van der Waals surface area contributed by atoms with Gasteiger partial charge in [-0.3, -0.25) is 9.59 Å². The van der Waals surface area contributed by atoms with Crippen molar-refractivity contribution in [1.29, 1.82) is 0 Å². The zero-order chi connectivity index (χ0) is 16.7. The lowest BCUT2D eigenvalue weighted by Gasteiger charge is -2.43. The second kappa shape index (κ2) is 9.17. The van der Waals surface area contributed by atoms with Gasteiger partial charge in [0.1, 0.15) is 11.5 Å². The van der Waals surface area contributed by atoms with E-state index in [0.717, 1.165) is 5.75 Å². The van der Waals surface area contributed by atoms with Crippen LogP contribution in [0.25, 0.3) is 0 Å². The van der Waals surface area contributed by atoms with Gasteiger partial charge in [-0.2, -0.15) is 0 Å². The zero-order valence-electron chi connectivity index (χ0n) is 13.4. The van der Waals surface area contributed by atoms with Crippen molar-refractivity contribution in [1.82, 2.24) is 0 Å². The molecular weight excluding hydrogens is 308 g/mol. The van der Waals surface area contributed by atoms with Crippen molar-refractivity contribution >= 4 is 23.7 Å². The molecule has 1 aliphatic heterocycles. The molecule has 126 valence electrons. The Morgan fingerprint density at radius 1 is 1.18 bits per heavy atom. The molecule has 0 N–H and O–H groups in total. The molecule has 0 aromatic carbocycles. The third-order valence-electron chi connectivity index (χ3n) is 3.07. The van der Waals surface area contributed by atoms with Crippen molar-refractivity contribution in [2.45, 2.75) is 57.5 Å². The van der Waals surface area contributed by atoms with Gasteiger partial charge in [0.25, 0.3) is 0 Å². The minimum absolute atomic E-state index is 0.286. The minimum Gasteiger partial charge on any atom is -0.456 e. The predicted octanol–water partition coefficient (Wildman–Crippen LogP) is 1.92. The number of esters is 2. The summed E-state index contributed by atoms with van der Waals surface area (Å²) in [6.45, 7) is 10.3. The average molecular weight is 332 g/mol. The first-order chi connectivity index (χ1) is 10.4. The van der Waals surface area contributed by atoms with E-state index in [4.69, 9.17) is 18.9 Å². The monoisotopic (exact) mass is 332 g/mol. The normalized spacial score (nSPS) is 31.4. The van der Waals surface area contributed by atoms with E-state index in [2.05, 4.69) is 6.58 Å². The molecule has 1 fully saturated rings. The molecule has 0 aliphatic carbocycles. The lowest BCUT2D eigenvalue weighted by Crippen LogP contribution is -2.59. The third kappa shape index (κ3) is 5.30. The highest BCUT2D eigenvalue weighted by Crippen LogP contribution is 2.33. The molecule has 1 heterocycles. The molecule has 0 spiro atoms. The largest absolute Gasteiger partial charge is 0.456 e. The van der Waals surface area contributed by atoms with E-state index in [0.29, 0.717) is 0 Å². The Kier molecular flexibility index (Phi) is 7.92. The standard InChI is InChI=1S/C15H24O6S/c1-6-8-18-12-9(3)19-15(22-7-2)14(21-11(5)17)13(12)20-10(4)16/h6,9,12-15H,1,7-8H2,2-5H3/t9-,12-,13+,14+,15+/m1/s1. The summed E-state index contributed by atoms with van der Waals surface area (Å²) < 4.78 is 22.3. The highest BCUT2D eigenvalue weighted by Gasteiger charge is 2.49. The lowest BCUT2D eigenvalue weighted by molar-refractivity contribution is -0.228. The fourth-order valence-corrected chi connectivity index (χ4v) is 3.31. The molecule has 1 aliphatic rings. The van der Waals surface area contributed by atoms with Gasteiger partial charge in [-0.1, -0.05) is 13.0 Å². The number of rotatable bonds is 7. The summed E-state index contributed by atoms with van der Waals surface area (Å²) in [6, 6.07) is 0. The maximum atomic E-state index is 11.4. The van der Waals surface area contributed by atoms with Crippen LogP contribution in [0.2, 0.25) is 0 Å². The summed E-state index contributed by atoms with van der Waals surface area (Å²) in [4.78, 5) is 22.9. The summed E-state index contributed by atoms with van der Waals surface area (Å²) in [5.41, 5.74) is -0.406. The minimum atomic E-state index is -0.714. The van der Waals surface area contributed by atoms with E-state index in [1.54, 1.807) is 6.08 Å². The molecule has 22 heavy (non-hydrogen) atoms. The molecule has 0 aromatic rings. The van der Waals surface area contributed by atoms with Crippen LogP contribution in [-0.2, 0) is 28.5 Å². The van der Waals surface area contributed by atoms with Crippen LogP contribution in [0.3, 0.4) is 0 Å². The Bertz CT molecular complexity index is 399. The van der Waals surface area contributed by atoms with E-state index in [-0.39, 0.29) is 12.7 Å². The van der Waals surface area contributed by atoms with Crippen LogP contribution in [0.15, 0.2) is 12.7 Å². The Morgan fingerprint density at radius 2 is 1.77 bits per heavy atom. The smallest absolute Gasteiger partial charge is 0.303 e. The number of hydrogen-bond donors (Lipinski definition) is 0. The summed E-state index contributed by atoms with van der Waals surface area (Å²) in [6.07, 6.45) is -0.655.